The summed E-state index contributed by atoms with van der Waals surface area (Å²) in [5.74, 6) is 2.17. The van der Waals surface area contributed by atoms with Crippen molar-refractivity contribution in [1.29, 1.82) is 0 Å². The van der Waals surface area contributed by atoms with Gasteiger partial charge in [-0.3, -0.25) is 0 Å². The molecule has 1 rings (SSSR count). The largest absolute Gasteiger partial charge is 0.312 e. The lowest BCUT2D eigenvalue weighted by Crippen LogP contribution is -2.16. The number of nitrogens with one attached hydrogen (secondary N) is 1. The van der Waals surface area contributed by atoms with Gasteiger partial charge >= 0.3 is 0 Å². The van der Waals surface area contributed by atoms with Crippen LogP contribution < -0.4 is 5.32 Å². The van der Waals surface area contributed by atoms with Crippen LogP contribution in [-0.4, -0.2) is 18.1 Å². The lowest BCUT2D eigenvalue weighted by molar-refractivity contribution is 0.730. The highest BCUT2D eigenvalue weighted by Gasteiger charge is 1.96. The predicted molar refractivity (Wildman–Crippen MR) is 80.6 cm³/mol. The molecule has 1 aromatic rings. The second kappa shape index (κ2) is 10.2. The first kappa shape index (κ1) is 16.0. The maximum Gasteiger partial charge on any atom is 0.0220 e. The Morgan fingerprint density at radius 3 is 2.81 bits per heavy atom. The summed E-state index contributed by atoms with van der Waals surface area (Å²) in [6.07, 6.45) is 1.94. The number of benzene rings is 1. The highest BCUT2D eigenvalue weighted by molar-refractivity contribution is 9.10. The first-order chi connectivity index (χ1) is 7.34. The minimum atomic E-state index is 0. The molecule has 0 spiro atoms. The maximum absolute atomic E-state index is 3.69. The summed E-state index contributed by atoms with van der Waals surface area (Å²) in [6, 6.07) is 8.30. The van der Waals surface area contributed by atoms with Gasteiger partial charge in [0.2, 0.25) is 0 Å². The molecule has 0 aliphatic carbocycles. The summed E-state index contributed by atoms with van der Waals surface area (Å²) in [7, 11) is 0. The number of halogens is 2. The van der Waals surface area contributed by atoms with E-state index in [1.54, 1.807) is 0 Å². The molecule has 0 aromatic heterocycles. The SMILES string of the molecule is C=CCSCCNCc1ccccc1Br.Cl. The van der Waals surface area contributed by atoms with Gasteiger partial charge in [-0.05, 0) is 11.6 Å². The Labute approximate surface area is 117 Å². The molecular weight excluding hydrogens is 306 g/mol. The van der Waals surface area contributed by atoms with Crippen molar-refractivity contribution in [2.24, 2.45) is 0 Å². The van der Waals surface area contributed by atoms with Crippen LogP contribution in [0.15, 0.2) is 41.4 Å². The lowest BCUT2D eigenvalue weighted by atomic mass is 10.2. The van der Waals surface area contributed by atoms with E-state index in [-0.39, 0.29) is 12.4 Å². The standard InChI is InChI=1S/C12H16BrNS.ClH/c1-2-8-15-9-7-14-10-11-5-3-4-6-12(11)13;/h2-6,14H,1,7-10H2;1H. The van der Waals surface area contributed by atoms with Gasteiger partial charge in [0.25, 0.3) is 0 Å². The molecule has 0 heterocycles. The van der Waals surface area contributed by atoms with E-state index < -0.39 is 0 Å². The quantitative estimate of drug-likeness (QED) is 0.604. The van der Waals surface area contributed by atoms with Gasteiger partial charge in [-0.2, -0.15) is 11.8 Å². The molecule has 0 aliphatic rings. The Morgan fingerprint density at radius 1 is 1.38 bits per heavy atom. The van der Waals surface area contributed by atoms with E-state index in [0.29, 0.717) is 0 Å². The summed E-state index contributed by atoms with van der Waals surface area (Å²) < 4.78 is 1.18. The molecule has 0 aliphatic heterocycles. The monoisotopic (exact) mass is 321 g/mol. The molecule has 1 aromatic carbocycles. The molecule has 0 saturated heterocycles. The van der Waals surface area contributed by atoms with Gasteiger partial charge in [0.1, 0.15) is 0 Å². The fourth-order valence-electron chi connectivity index (χ4n) is 1.18. The Morgan fingerprint density at radius 2 is 2.12 bits per heavy atom. The van der Waals surface area contributed by atoms with Crippen LogP contribution in [0.2, 0.25) is 0 Å². The zero-order valence-electron chi connectivity index (χ0n) is 9.12. The van der Waals surface area contributed by atoms with E-state index >= 15 is 0 Å². The van der Waals surface area contributed by atoms with Crippen molar-refractivity contribution >= 4 is 40.1 Å². The third-order valence-corrected chi connectivity index (χ3v) is 3.67. The summed E-state index contributed by atoms with van der Waals surface area (Å²) in [6.45, 7) is 5.66. The maximum atomic E-state index is 3.69. The molecule has 0 fully saturated rings. The zero-order chi connectivity index (χ0) is 10.9. The molecule has 1 nitrogen and oxygen atoms in total. The number of thioether (sulfide) groups is 1. The van der Waals surface area contributed by atoms with Crippen LogP contribution in [0.4, 0.5) is 0 Å². The van der Waals surface area contributed by atoms with E-state index in [1.807, 2.05) is 23.9 Å². The van der Waals surface area contributed by atoms with E-state index in [1.165, 1.54) is 10.0 Å². The molecule has 0 atom stereocenters. The third kappa shape index (κ3) is 6.59. The van der Waals surface area contributed by atoms with E-state index in [0.717, 1.165) is 24.6 Å². The number of rotatable bonds is 7. The van der Waals surface area contributed by atoms with Gasteiger partial charge in [0.15, 0.2) is 0 Å². The van der Waals surface area contributed by atoms with Crippen LogP contribution in [0.3, 0.4) is 0 Å². The lowest BCUT2D eigenvalue weighted by Gasteiger charge is -2.05. The van der Waals surface area contributed by atoms with Gasteiger partial charge < -0.3 is 5.32 Å². The van der Waals surface area contributed by atoms with Crippen molar-refractivity contribution in [3.05, 3.63) is 47.0 Å². The van der Waals surface area contributed by atoms with Gasteiger partial charge in [-0.1, -0.05) is 40.2 Å². The minimum absolute atomic E-state index is 0. The van der Waals surface area contributed by atoms with Crippen molar-refractivity contribution in [3.63, 3.8) is 0 Å². The predicted octanol–water partition coefficient (Wildman–Crippen LogP) is 3.88. The molecule has 0 bridgehead atoms. The second-order valence-electron chi connectivity index (χ2n) is 3.13. The average molecular weight is 323 g/mol. The number of hydrogen-bond donors (Lipinski definition) is 1. The fourth-order valence-corrected chi connectivity index (χ4v) is 2.22. The molecular formula is C12H17BrClNS. The van der Waals surface area contributed by atoms with E-state index in [4.69, 9.17) is 0 Å². The van der Waals surface area contributed by atoms with Gasteiger partial charge in [0, 0.05) is 29.1 Å². The number of hydrogen-bond acceptors (Lipinski definition) is 2. The highest BCUT2D eigenvalue weighted by Crippen LogP contribution is 2.15. The molecule has 1 N–H and O–H groups in total. The van der Waals surface area contributed by atoms with Crippen LogP contribution in [-0.2, 0) is 6.54 Å². The molecule has 90 valence electrons. The first-order valence-electron chi connectivity index (χ1n) is 4.97. The Balaban J connectivity index is 0.00000225. The van der Waals surface area contributed by atoms with Crippen molar-refractivity contribution in [1.82, 2.24) is 5.32 Å². The average Bonchev–Trinajstić information content (AvgIpc) is 2.25. The van der Waals surface area contributed by atoms with E-state index in [9.17, 15) is 0 Å². The highest BCUT2D eigenvalue weighted by atomic mass is 79.9. The van der Waals surface area contributed by atoms with Crippen LogP contribution in [0.1, 0.15) is 5.56 Å². The second-order valence-corrected chi connectivity index (χ2v) is 5.14. The van der Waals surface area contributed by atoms with Crippen LogP contribution in [0, 0.1) is 0 Å². The molecule has 0 radical (unpaired) electrons. The van der Waals surface area contributed by atoms with Gasteiger partial charge in [-0.25, -0.2) is 0 Å². The summed E-state index contributed by atoms with van der Waals surface area (Å²) in [4.78, 5) is 0. The Bertz CT molecular complexity index is 307. The molecule has 0 amide bonds. The summed E-state index contributed by atoms with van der Waals surface area (Å²) in [5, 5.41) is 3.42. The molecule has 16 heavy (non-hydrogen) atoms. The Kier molecular flexibility index (Phi) is 10.2. The Hall–Kier alpha value is 0.0400. The van der Waals surface area contributed by atoms with Crippen LogP contribution in [0.25, 0.3) is 0 Å². The summed E-state index contributed by atoms with van der Waals surface area (Å²) in [5.41, 5.74) is 1.31. The minimum Gasteiger partial charge on any atom is -0.312 e. The smallest absolute Gasteiger partial charge is 0.0220 e. The molecule has 4 heteroatoms. The van der Waals surface area contributed by atoms with Crippen molar-refractivity contribution < 1.29 is 0 Å². The van der Waals surface area contributed by atoms with Gasteiger partial charge in [0.05, 0.1) is 0 Å². The summed E-state index contributed by atoms with van der Waals surface area (Å²) >= 11 is 5.43. The third-order valence-electron chi connectivity index (χ3n) is 1.93. The fraction of sp³-hybridized carbons (Fsp3) is 0.333. The zero-order valence-corrected chi connectivity index (χ0v) is 12.3. The van der Waals surface area contributed by atoms with E-state index in [2.05, 4.69) is 46.0 Å². The van der Waals surface area contributed by atoms with Crippen molar-refractivity contribution in [2.75, 3.05) is 18.1 Å². The molecule has 0 saturated carbocycles. The first-order valence-corrected chi connectivity index (χ1v) is 6.92. The normalized spacial score (nSPS) is 9.56. The molecule has 0 unspecified atom stereocenters. The van der Waals surface area contributed by atoms with Crippen LogP contribution in [0.5, 0.6) is 0 Å². The van der Waals surface area contributed by atoms with Gasteiger partial charge in [-0.15, -0.1) is 19.0 Å². The van der Waals surface area contributed by atoms with Crippen molar-refractivity contribution in [2.45, 2.75) is 6.54 Å². The van der Waals surface area contributed by atoms with Crippen molar-refractivity contribution in [3.8, 4) is 0 Å². The van der Waals surface area contributed by atoms with Crippen LogP contribution >= 0.6 is 40.1 Å². The topological polar surface area (TPSA) is 12.0 Å².